The Morgan fingerprint density at radius 2 is 1.67 bits per heavy atom. The summed E-state index contributed by atoms with van der Waals surface area (Å²) >= 11 is 0. The first-order valence-corrected chi connectivity index (χ1v) is 8.28. The van der Waals surface area contributed by atoms with E-state index in [0.29, 0.717) is 11.3 Å². The average Bonchev–Trinajstić information content (AvgIpc) is 3.01. The van der Waals surface area contributed by atoms with E-state index in [4.69, 9.17) is 9.90 Å². The van der Waals surface area contributed by atoms with Gasteiger partial charge in [0.05, 0.1) is 5.56 Å². The van der Waals surface area contributed by atoms with Gasteiger partial charge in [0.1, 0.15) is 0 Å². The van der Waals surface area contributed by atoms with Crippen molar-refractivity contribution in [1.29, 1.82) is 0 Å². The minimum Gasteiger partial charge on any atom is -0.475 e. The number of carboxylic acids is 1. The fourth-order valence-electron chi connectivity index (χ4n) is 3.36. The van der Waals surface area contributed by atoms with Gasteiger partial charge in [0.25, 0.3) is 0 Å². The number of carboxylic acid groups (broad SMARTS) is 1. The summed E-state index contributed by atoms with van der Waals surface area (Å²) in [4.78, 5) is 8.90. The molecule has 0 aromatic heterocycles. The molecule has 27 heavy (non-hydrogen) atoms. The maximum Gasteiger partial charge on any atom is 0.490 e. The molecule has 1 saturated heterocycles. The van der Waals surface area contributed by atoms with Crippen molar-refractivity contribution >= 4 is 12.0 Å². The highest BCUT2D eigenvalue weighted by atomic mass is 19.4. The molecule has 1 saturated carbocycles. The minimum atomic E-state index is -5.08. The molecule has 1 aliphatic carbocycles. The number of alkyl halides is 6. The third-order valence-electron chi connectivity index (χ3n) is 4.76. The van der Waals surface area contributed by atoms with Crippen LogP contribution in [0.15, 0.2) is 30.3 Å². The van der Waals surface area contributed by atoms with Gasteiger partial charge in [0.15, 0.2) is 0 Å². The van der Waals surface area contributed by atoms with Crippen molar-refractivity contribution in [3.63, 3.8) is 0 Å². The second-order valence-corrected chi connectivity index (χ2v) is 6.88. The summed E-state index contributed by atoms with van der Waals surface area (Å²) in [6, 6.07) is 5.35. The van der Waals surface area contributed by atoms with E-state index >= 15 is 0 Å². The Hall–Kier alpha value is -2.03. The van der Waals surface area contributed by atoms with Crippen LogP contribution >= 0.6 is 0 Å². The molecule has 0 atom stereocenters. The second kappa shape index (κ2) is 7.92. The van der Waals surface area contributed by atoms with Crippen LogP contribution in [0.1, 0.15) is 30.4 Å². The Bertz CT molecular complexity index is 665. The molecule has 3 nitrogen and oxygen atoms in total. The van der Waals surface area contributed by atoms with Crippen molar-refractivity contribution in [1.82, 2.24) is 5.32 Å². The van der Waals surface area contributed by atoms with E-state index < -0.39 is 23.9 Å². The molecule has 1 aromatic rings. The standard InChI is InChI=1S/C16H18F3N.C2HF3O2/c17-16(18,19)14-5-3-12(4-6-14)1-2-13-9-15(10-13)7-8-20-11-15;3-2(4,5)1(6)7/h1-6,13,20H,7-11H2;(H,6,7)/b2-1+;. The van der Waals surface area contributed by atoms with Crippen LogP contribution < -0.4 is 5.32 Å². The lowest BCUT2D eigenvalue weighted by Gasteiger charge is -2.43. The van der Waals surface area contributed by atoms with E-state index in [1.54, 1.807) is 0 Å². The van der Waals surface area contributed by atoms with E-state index in [0.717, 1.165) is 30.8 Å². The number of halogens is 6. The van der Waals surface area contributed by atoms with Gasteiger partial charge in [-0.2, -0.15) is 26.3 Å². The van der Waals surface area contributed by atoms with Gasteiger partial charge in [-0.25, -0.2) is 4.79 Å². The number of hydrogen-bond donors (Lipinski definition) is 2. The summed E-state index contributed by atoms with van der Waals surface area (Å²) in [5, 5.41) is 10.5. The molecule has 3 rings (SSSR count). The molecule has 150 valence electrons. The van der Waals surface area contributed by atoms with Gasteiger partial charge in [-0.3, -0.25) is 0 Å². The van der Waals surface area contributed by atoms with Crippen LogP contribution in [0.2, 0.25) is 0 Å². The van der Waals surface area contributed by atoms with Crippen molar-refractivity contribution in [3.05, 3.63) is 41.5 Å². The van der Waals surface area contributed by atoms with Gasteiger partial charge in [0, 0.05) is 6.54 Å². The van der Waals surface area contributed by atoms with Crippen molar-refractivity contribution in [2.45, 2.75) is 31.6 Å². The third kappa shape index (κ3) is 5.98. The molecule has 0 amide bonds. The Morgan fingerprint density at radius 1 is 1.11 bits per heavy atom. The lowest BCUT2D eigenvalue weighted by molar-refractivity contribution is -0.192. The molecule has 2 aliphatic rings. The SMILES string of the molecule is FC(F)(F)c1ccc(/C=C/C2CC3(CCNC3)C2)cc1.O=C(O)C(F)(F)F. The van der Waals surface area contributed by atoms with Gasteiger partial charge in [-0.05, 0) is 54.8 Å². The van der Waals surface area contributed by atoms with Gasteiger partial charge in [0.2, 0.25) is 0 Å². The smallest absolute Gasteiger partial charge is 0.475 e. The summed E-state index contributed by atoms with van der Waals surface area (Å²) in [5.41, 5.74) is 0.757. The number of aliphatic carboxylic acids is 1. The van der Waals surface area contributed by atoms with Gasteiger partial charge in [-0.15, -0.1) is 0 Å². The van der Waals surface area contributed by atoms with Crippen molar-refractivity contribution in [3.8, 4) is 0 Å². The number of hydrogen-bond acceptors (Lipinski definition) is 2. The third-order valence-corrected chi connectivity index (χ3v) is 4.76. The molecule has 0 unspecified atom stereocenters. The maximum atomic E-state index is 12.4. The normalized spacial score (nSPS) is 25.2. The zero-order chi connectivity index (χ0) is 20.3. The lowest BCUT2D eigenvalue weighted by atomic mass is 9.61. The Labute approximate surface area is 152 Å². The summed E-state index contributed by atoms with van der Waals surface area (Å²) in [6.07, 6.45) is -1.57. The lowest BCUT2D eigenvalue weighted by Crippen LogP contribution is -2.37. The number of rotatable bonds is 2. The Kier molecular flexibility index (Phi) is 6.24. The number of allylic oxidation sites excluding steroid dienone is 1. The fourth-order valence-corrected chi connectivity index (χ4v) is 3.36. The average molecular weight is 395 g/mol. The van der Waals surface area contributed by atoms with E-state index in [1.807, 2.05) is 6.08 Å². The molecule has 0 bridgehead atoms. The Balaban J connectivity index is 0.000000321. The highest BCUT2D eigenvalue weighted by Gasteiger charge is 2.44. The molecule has 2 fully saturated rings. The zero-order valence-electron chi connectivity index (χ0n) is 14.2. The molecule has 9 heteroatoms. The number of carbonyl (C=O) groups is 1. The van der Waals surface area contributed by atoms with Crippen molar-refractivity contribution < 1.29 is 36.2 Å². The van der Waals surface area contributed by atoms with Gasteiger partial charge >= 0.3 is 18.3 Å². The minimum absolute atomic E-state index is 0.509. The molecule has 1 aromatic carbocycles. The van der Waals surface area contributed by atoms with Crippen LogP contribution in [-0.4, -0.2) is 30.3 Å². The predicted molar refractivity (Wildman–Crippen MR) is 86.8 cm³/mol. The summed E-state index contributed by atoms with van der Waals surface area (Å²) < 4.78 is 69.1. The molecule has 1 aliphatic heterocycles. The predicted octanol–water partition coefficient (Wildman–Crippen LogP) is 4.74. The summed E-state index contributed by atoms with van der Waals surface area (Å²) in [7, 11) is 0. The molecular weight excluding hydrogens is 376 g/mol. The Morgan fingerprint density at radius 3 is 2.07 bits per heavy atom. The van der Waals surface area contributed by atoms with Crippen LogP contribution in [-0.2, 0) is 11.0 Å². The van der Waals surface area contributed by atoms with Gasteiger partial charge in [-0.1, -0.05) is 24.3 Å². The van der Waals surface area contributed by atoms with Crippen LogP contribution in [0.25, 0.3) is 6.08 Å². The number of nitrogens with one attached hydrogen (secondary N) is 1. The van der Waals surface area contributed by atoms with E-state index in [-0.39, 0.29) is 0 Å². The van der Waals surface area contributed by atoms with Crippen LogP contribution in [0, 0.1) is 11.3 Å². The fraction of sp³-hybridized carbons (Fsp3) is 0.500. The first-order chi connectivity index (χ1) is 12.4. The quantitative estimate of drug-likeness (QED) is 0.711. The second-order valence-electron chi connectivity index (χ2n) is 6.88. The maximum absolute atomic E-state index is 12.4. The molecular formula is C18H19F6NO2. The van der Waals surface area contributed by atoms with Crippen molar-refractivity contribution in [2.75, 3.05) is 13.1 Å². The molecule has 2 N–H and O–H groups in total. The topological polar surface area (TPSA) is 49.3 Å². The van der Waals surface area contributed by atoms with E-state index in [2.05, 4.69) is 11.4 Å². The molecule has 0 radical (unpaired) electrons. The highest BCUT2D eigenvalue weighted by molar-refractivity contribution is 5.73. The highest BCUT2D eigenvalue weighted by Crippen LogP contribution is 2.50. The van der Waals surface area contributed by atoms with Crippen LogP contribution in [0.4, 0.5) is 26.3 Å². The van der Waals surface area contributed by atoms with Crippen LogP contribution in [0.3, 0.4) is 0 Å². The van der Waals surface area contributed by atoms with E-state index in [9.17, 15) is 26.3 Å². The summed E-state index contributed by atoms with van der Waals surface area (Å²) in [5.74, 6) is -2.18. The zero-order valence-corrected chi connectivity index (χ0v) is 14.2. The summed E-state index contributed by atoms with van der Waals surface area (Å²) in [6.45, 7) is 2.24. The molecule has 1 heterocycles. The van der Waals surface area contributed by atoms with Crippen molar-refractivity contribution in [2.24, 2.45) is 11.3 Å². The van der Waals surface area contributed by atoms with Gasteiger partial charge < -0.3 is 10.4 Å². The monoisotopic (exact) mass is 395 g/mol. The molecule has 1 spiro atoms. The van der Waals surface area contributed by atoms with E-state index in [1.165, 1.54) is 31.4 Å². The largest absolute Gasteiger partial charge is 0.490 e. The first kappa shape index (κ1) is 21.3. The first-order valence-electron chi connectivity index (χ1n) is 8.28. The number of benzene rings is 1. The van der Waals surface area contributed by atoms with Crippen LogP contribution in [0.5, 0.6) is 0 Å².